The van der Waals surface area contributed by atoms with Gasteiger partial charge in [-0.05, 0) is 36.6 Å². The van der Waals surface area contributed by atoms with Crippen LogP contribution in [0, 0.1) is 0 Å². The van der Waals surface area contributed by atoms with Gasteiger partial charge in [0.2, 0.25) is 5.91 Å². The summed E-state index contributed by atoms with van der Waals surface area (Å²) in [4.78, 5) is 13.2. The molecule has 1 amide bonds. The SMILES string of the molecule is COc1ccc(S(=O)(=O)CCNC(=O)/C(C)=C/c2cccs2)cc1OC. The van der Waals surface area contributed by atoms with Gasteiger partial charge in [0.25, 0.3) is 0 Å². The lowest BCUT2D eigenvalue weighted by atomic mass is 10.2. The molecule has 0 unspecified atom stereocenters. The van der Waals surface area contributed by atoms with Gasteiger partial charge in [-0.2, -0.15) is 0 Å². The molecule has 1 N–H and O–H groups in total. The van der Waals surface area contributed by atoms with Crippen LogP contribution in [-0.4, -0.2) is 40.8 Å². The molecule has 8 heteroatoms. The summed E-state index contributed by atoms with van der Waals surface area (Å²) >= 11 is 1.53. The van der Waals surface area contributed by atoms with Gasteiger partial charge in [-0.1, -0.05) is 6.07 Å². The molecule has 0 saturated carbocycles. The molecule has 0 fully saturated rings. The van der Waals surface area contributed by atoms with Crippen molar-refractivity contribution in [2.45, 2.75) is 11.8 Å². The highest BCUT2D eigenvalue weighted by atomic mass is 32.2. The number of benzene rings is 1. The van der Waals surface area contributed by atoms with E-state index in [0.717, 1.165) is 4.88 Å². The summed E-state index contributed by atoms with van der Waals surface area (Å²) in [5.74, 6) is 0.294. The zero-order chi connectivity index (χ0) is 19.2. The highest BCUT2D eigenvalue weighted by Gasteiger charge is 2.17. The predicted molar refractivity (Wildman–Crippen MR) is 103 cm³/mol. The number of methoxy groups -OCH3 is 2. The standard InChI is InChI=1S/C18H21NO5S2/c1-13(11-14-5-4-9-25-14)18(20)19-8-10-26(21,22)15-6-7-16(23-2)17(12-15)24-3/h4-7,9,11-12H,8,10H2,1-3H3,(H,19,20)/b13-11+. The Kier molecular flexibility index (Phi) is 6.82. The van der Waals surface area contributed by atoms with Crippen LogP contribution in [0.15, 0.2) is 46.2 Å². The second-order valence-corrected chi connectivity index (χ2v) is 8.52. The van der Waals surface area contributed by atoms with Crippen LogP contribution in [0.3, 0.4) is 0 Å². The Hall–Kier alpha value is -2.32. The van der Waals surface area contributed by atoms with Crippen molar-refractivity contribution in [3.63, 3.8) is 0 Å². The lowest BCUT2D eigenvalue weighted by Crippen LogP contribution is -2.29. The molecule has 1 heterocycles. The van der Waals surface area contributed by atoms with Crippen molar-refractivity contribution in [2.75, 3.05) is 26.5 Å². The fourth-order valence-corrected chi connectivity index (χ4v) is 4.10. The van der Waals surface area contributed by atoms with Crippen molar-refractivity contribution in [2.24, 2.45) is 0 Å². The first-order valence-electron chi connectivity index (χ1n) is 7.82. The summed E-state index contributed by atoms with van der Waals surface area (Å²) in [5, 5.41) is 4.56. The zero-order valence-electron chi connectivity index (χ0n) is 14.8. The van der Waals surface area contributed by atoms with E-state index in [2.05, 4.69) is 5.32 Å². The van der Waals surface area contributed by atoms with E-state index in [1.54, 1.807) is 13.0 Å². The molecule has 0 radical (unpaired) electrons. The van der Waals surface area contributed by atoms with E-state index < -0.39 is 9.84 Å². The van der Waals surface area contributed by atoms with Gasteiger partial charge in [-0.25, -0.2) is 8.42 Å². The maximum atomic E-state index is 12.4. The van der Waals surface area contributed by atoms with E-state index in [9.17, 15) is 13.2 Å². The number of sulfone groups is 1. The van der Waals surface area contributed by atoms with Gasteiger partial charge in [-0.15, -0.1) is 11.3 Å². The zero-order valence-corrected chi connectivity index (χ0v) is 16.4. The molecule has 0 atom stereocenters. The Morgan fingerprint density at radius 1 is 1.19 bits per heavy atom. The summed E-state index contributed by atoms with van der Waals surface area (Å²) in [7, 11) is -0.635. The molecule has 140 valence electrons. The molecule has 0 aliphatic heterocycles. The molecule has 26 heavy (non-hydrogen) atoms. The highest BCUT2D eigenvalue weighted by Crippen LogP contribution is 2.29. The molecule has 2 aromatic rings. The van der Waals surface area contributed by atoms with E-state index in [1.165, 1.54) is 43.8 Å². The van der Waals surface area contributed by atoms with Crippen molar-refractivity contribution in [1.29, 1.82) is 0 Å². The molecule has 0 bridgehead atoms. The number of carbonyl (C=O) groups is 1. The fraction of sp³-hybridized carbons (Fsp3) is 0.278. The van der Waals surface area contributed by atoms with Crippen LogP contribution >= 0.6 is 11.3 Å². The third-order valence-corrected chi connectivity index (χ3v) is 6.16. The summed E-state index contributed by atoms with van der Waals surface area (Å²) in [6, 6.07) is 8.22. The molecular formula is C18H21NO5S2. The van der Waals surface area contributed by atoms with Gasteiger partial charge < -0.3 is 14.8 Å². The van der Waals surface area contributed by atoms with Crippen LogP contribution < -0.4 is 14.8 Å². The minimum atomic E-state index is -3.56. The molecular weight excluding hydrogens is 374 g/mol. The number of hydrogen-bond donors (Lipinski definition) is 1. The molecule has 2 rings (SSSR count). The van der Waals surface area contributed by atoms with Crippen molar-refractivity contribution in [1.82, 2.24) is 5.32 Å². The lowest BCUT2D eigenvalue weighted by molar-refractivity contribution is -0.117. The largest absolute Gasteiger partial charge is 0.493 e. The maximum Gasteiger partial charge on any atom is 0.246 e. The average Bonchev–Trinajstić information content (AvgIpc) is 3.13. The van der Waals surface area contributed by atoms with Gasteiger partial charge in [0.05, 0.1) is 24.9 Å². The number of thiophene rings is 1. The minimum absolute atomic E-state index is 0.0190. The Balaban J connectivity index is 1.99. The van der Waals surface area contributed by atoms with Gasteiger partial charge in [0.1, 0.15) is 0 Å². The third kappa shape index (κ3) is 5.09. The third-order valence-electron chi connectivity index (χ3n) is 3.63. The van der Waals surface area contributed by atoms with Gasteiger partial charge in [0.15, 0.2) is 21.3 Å². The molecule has 0 aliphatic carbocycles. The second-order valence-electron chi connectivity index (χ2n) is 5.43. The van der Waals surface area contributed by atoms with Gasteiger partial charge in [0, 0.05) is 23.1 Å². The van der Waals surface area contributed by atoms with Crippen molar-refractivity contribution in [3.8, 4) is 11.5 Å². The number of ether oxygens (including phenoxy) is 2. The minimum Gasteiger partial charge on any atom is -0.493 e. The van der Waals surface area contributed by atoms with E-state index >= 15 is 0 Å². The Morgan fingerprint density at radius 2 is 1.92 bits per heavy atom. The monoisotopic (exact) mass is 395 g/mol. The van der Waals surface area contributed by atoms with E-state index in [1.807, 2.05) is 17.5 Å². The summed E-state index contributed by atoms with van der Waals surface area (Å²) in [6.07, 6.45) is 1.77. The molecule has 6 nitrogen and oxygen atoms in total. The lowest BCUT2D eigenvalue weighted by Gasteiger charge is -2.10. The molecule has 0 saturated heterocycles. The van der Waals surface area contributed by atoms with Crippen LogP contribution in [-0.2, 0) is 14.6 Å². The smallest absolute Gasteiger partial charge is 0.246 e. The number of amides is 1. The van der Waals surface area contributed by atoms with E-state index in [-0.39, 0.29) is 23.1 Å². The van der Waals surface area contributed by atoms with Crippen LogP contribution in [0.2, 0.25) is 0 Å². The number of nitrogens with one attached hydrogen (secondary N) is 1. The van der Waals surface area contributed by atoms with E-state index in [0.29, 0.717) is 17.1 Å². The normalized spacial score (nSPS) is 11.9. The van der Waals surface area contributed by atoms with Gasteiger partial charge in [-0.3, -0.25) is 4.79 Å². The summed E-state index contributed by atoms with van der Waals surface area (Å²) in [5.41, 5.74) is 0.524. The number of rotatable bonds is 8. The van der Waals surface area contributed by atoms with Crippen molar-refractivity contribution in [3.05, 3.63) is 46.2 Å². The quantitative estimate of drug-likeness (QED) is 0.695. The fourth-order valence-electron chi connectivity index (χ4n) is 2.22. The molecule has 0 aliphatic rings. The Labute approximate surface area is 157 Å². The Morgan fingerprint density at radius 3 is 2.54 bits per heavy atom. The molecule has 1 aromatic carbocycles. The topological polar surface area (TPSA) is 81.7 Å². The summed E-state index contributed by atoms with van der Waals surface area (Å²) < 4.78 is 35.1. The Bertz CT molecular complexity index is 886. The van der Waals surface area contributed by atoms with Crippen molar-refractivity contribution >= 4 is 33.2 Å². The van der Waals surface area contributed by atoms with Crippen LogP contribution in [0.25, 0.3) is 6.08 Å². The van der Waals surface area contributed by atoms with Crippen LogP contribution in [0.4, 0.5) is 0 Å². The number of carbonyl (C=O) groups excluding carboxylic acids is 1. The van der Waals surface area contributed by atoms with E-state index in [4.69, 9.17) is 9.47 Å². The highest BCUT2D eigenvalue weighted by molar-refractivity contribution is 7.91. The van der Waals surface area contributed by atoms with Crippen LogP contribution in [0.1, 0.15) is 11.8 Å². The average molecular weight is 396 g/mol. The first kappa shape index (κ1) is 20.0. The molecule has 1 aromatic heterocycles. The first-order chi connectivity index (χ1) is 12.4. The van der Waals surface area contributed by atoms with Crippen molar-refractivity contribution < 1.29 is 22.7 Å². The van der Waals surface area contributed by atoms with Gasteiger partial charge >= 0.3 is 0 Å². The van der Waals surface area contributed by atoms with Crippen LogP contribution in [0.5, 0.6) is 11.5 Å². The number of hydrogen-bond acceptors (Lipinski definition) is 6. The summed E-state index contributed by atoms with van der Waals surface area (Å²) in [6.45, 7) is 1.71. The molecule has 0 spiro atoms. The second kappa shape index (κ2) is 8.86. The predicted octanol–water partition coefficient (Wildman–Crippen LogP) is 2.76. The maximum absolute atomic E-state index is 12.4. The first-order valence-corrected chi connectivity index (χ1v) is 10.4.